The summed E-state index contributed by atoms with van der Waals surface area (Å²) in [6.07, 6.45) is 0.0370. The number of rotatable bonds is 5. The van der Waals surface area contributed by atoms with Crippen molar-refractivity contribution in [3.63, 3.8) is 0 Å². The Balaban J connectivity index is 1.97. The van der Waals surface area contributed by atoms with Gasteiger partial charge in [-0.3, -0.25) is 25.1 Å². The van der Waals surface area contributed by atoms with Crippen molar-refractivity contribution in [2.75, 3.05) is 12.8 Å². The maximum atomic E-state index is 12.4. The van der Waals surface area contributed by atoms with E-state index in [2.05, 4.69) is 12.6 Å². The number of ether oxygens (including phenoxy) is 1. The van der Waals surface area contributed by atoms with E-state index in [9.17, 15) is 32.9 Å². The van der Waals surface area contributed by atoms with Crippen LogP contribution in [0, 0.1) is 10.1 Å². The topological polar surface area (TPSA) is 165 Å². The molecule has 29 heavy (non-hydrogen) atoms. The van der Waals surface area contributed by atoms with Crippen LogP contribution in [-0.4, -0.2) is 60.4 Å². The van der Waals surface area contributed by atoms with Crippen LogP contribution >= 0.6 is 12.6 Å². The summed E-state index contributed by atoms with van der Waals surface area (Å²) in [7, 11) is -3.86. The number of benzene rings is 1. The number of nitro groups is 1. The number of nitrogens with one attached hydrogen (secondary N) is 2. The number of thiol groups is 1. The number of nitrogens with zero attached hydrogens (tertiary/aromatic N) is 2. The maximum absolute atomic E-state index is 12.4. The lowest BCUT2D eigenvalue weighted by molar-refractivity contribution is -0.384. The van der Waals surface area contributed by atoms with Gasteiger partial charge >= 0.3 is 12.1 Å². The van der Waals surface area contributed by atoms with Crippen molar-refractivity contribution in [2.45, 2.75) is 24.3 Å². The number of amides is 4. The van der Waals surface area contributed by atoms with Gasteiger partial charge in [0.15, 0.2) is 0 Å². The predicted octanol–water partition coefficient (Wildman–Crippen LogP) is 0.390. The van der Waals surface area contributed by atoms with Crippen LogP contribution in [0.3, 0.4) is 0 Å². The molecule has 1 saturated heterocycles. The Morgan fingerprint density at radius 2 is 1.93 bits per heavy atom. The van der Waals surface area contributed by atoms with Gasteiger partial charge in [-0.25, -0.2) is 22.7 Å². The third kappa shape index (κ3) is 6.60. The van der Waals surface area contributed by atoms with Gasteiger partial charge in [-0.1, -0.05) is 0 Å². The Bertz CT molecular complexity index is 919. The summed E-state index contributed by atoms with van der Waals surface area (Å²) in [5.41, 5.74) is 0.390. The minimum atomic E-state index is -3.86. The molecule has 4 amide bonds. The highest BCUT2D eigenvalue weighted by atomic mass is 32.2. The number of likely N-dealkylation sites (tertiary alicyclic amines) is 1. The zero-order chi connectivity index (χ0) is 21.8. The first kappa shape index (κ1) is 22.4. The second kappa shape index (κ2) is 9.09. The molecule has 0 bridgehead atoms. The highest BCUT2D eigenvalue weighted by molar-refractivity contribution is 7.89. The second-order valence-electron chi connectivity index (χ2n) is 6.23. The first-order valence-corrected chi connectivity index (χ1v) is 10.5. The molecule has 1 aromatic carbocycles. The van der Waals surface area contributed by atoms with Crippen molar-refractivity contribution in [1.29, 1.82) is 0 Å². The minimum Gasteiger partial charge on any atom is -0.445 e. The lowest BCUT2D eigenvalue weighted by Gasteiger charge is -2.22. The summed E-state index contributed by atoms with van der Waals surface area (Å²) in [5.74, 6) is -0.880. The molecule has 158 valence electrons. The first-order valence-electron chi connectivity index (χ1n) is 8.13. The zero-order valence-electron chi connectivity index (χ0n) is 15.1. The summed E-state index contributed by atoms with van der Waals surface area (Å²) < 4.78 is 28.8. The second-order valence-corrected chi connectivity index (χ2v) is 8.71. The fourth-order valence-corrected chi connectivity index (χ4v) is 3.36. The van der Waals surface area contributed by atoms with E-state index in [4.69, 9.17) is 4.74 Å². The molecule has 0 radical (unpaired) electrons. The molecule has 2 rings (SSSR count). The van der Waals surface area contributed by atoms with Gasteiger partial charge in [-0.15, -0.1) is 0 Å². The summed E-state index contributed by atoms with van der Waals surface area (Å²) in [5, 5.41) is 12.2. The van der Waals surface area contributed by atoms with Crippen molar-refractivity contribution < 1.29 is 32.5 Å². The third-order valence-electron chi connectivity index (χ3n) is 3.84. The average molecular weight is 446 g/mol. The molecule has 2 atom stereocenters. The van der Waals surface area contributed by atoms with Crippen LogP contribution in [-0.2, 0) is 26.2 Å². The molecule has 12 nitrogen and oxygen atoms in total. The van der Waals surface area contributed by atoms with Crippen molar-refractivity contribution >= 4 is 46.4 Å². The fraction of sp³-hybridized carbons (Fsp3) is 0.400. The number of nitro benzene ring substituents is 1. The molecule has 0 spiro atoms. The Labute approximate surface area is 171 Å². The number of imide groups is 1. The normalized spacial score (nSPS) is 18.8. The van der Waals surface area contributed by atoms with E-state index in [0.717, 1.165) is 11.2 Å². The Morgan fingerprint density at radius 1 is 1.31 bits per heavy atom. The van der Waals surface area contributed by atoms with Crippen LogP contribution in [0.1, 0.15) is 12.0 Å². The molecule has 0 aromatic heterocycles. The van der Waals surface area contributed by atoms with Crippen LogP contribution in [0.15, 0.2) is 24.3 Å². The fourth-order valence-electron chi connectivity index (χ4n) is 2.60. The van der Waals surface area contributed by atoms with Gasteiger partial charge in [0, 0.05) is 23.9 Å². The third-order valence-corrected chi connectivity index (χ3v) is 4.77. The molecule has 14 heteroatoms. The number of hydrogen-bond acceptors (Lipinski definition) is 9. The van der Waals surface area contributed by atoms with Crippen LogP contribution in [0.5, 0.6) is 0 Å². The van der Waals surface area contributed by atoms with Gasteiger partial charge in [0.05, 0.1) is 11.2 Å². The summed E-state index contributed by atoms with van der Waals surface area (Å²) >= 11 is 4.24. The van der Waals surface area contributed by atoms with E-state index in [1.807, 2.05) is 5.32 Å². The number of non-ortho nitro benzene ring substituents is 1. The molecule has 1 aliphatic rings. The molecule has 1 fully saturated rings. The van der Waals surface area contributed by atoms with E-state index in [0.29, 0.717) is 5.56 Å². The molecule has 0 saturated carbocycles. The quantitative estimate of drug-likeness (QED) is 0.332. The van der Waals surface area contributed by atoms with E-state index >= 15 is 0 Å². The molecule has 1 heterocycles. The van der Waals surface area contributed by atoms with E-state index in [1.54, 1.807) is 4.72 Å². The van der Waals surface area contributed by atoms with Crippen molar-refractivity contribution in [2.24, 2.45) is 0 Å². The van der Waals surface area contributed by atoms with Crippen molar-refractivity contribution in [3.05, 3.63) is 39.9 Å². The first-order chi connectivity index (χ1) is 13.5. The highest BCUT2D eigenvalue weighted by Crippen LogP contribution is 2.23. The monoisotopic (exact) mass is 446 g/mol. The average Bonchev–Trinajstić information content (AvgIpc) is 3.00. The Kier molecular flexibility index (Phi) is 7.02. The van der Waals surface area contributed by atoms with Gasteiger partial charge < -0.3 is 4.74 Å². The van der Waals surface area contributed by atoms with Crippen LogP contribution < -0.4 is 10.0 Å². The van der Waals surface area contributed by atoms with Crippen LogP contribution in [0.4, 0.5) is 15.3 Å². The van der Waals surface area contributed by atoms with Crippen LogP contribution in [0.25, 0.3) is 0 Å². The van der Waals surface area contributed by atoms with Gasteiger partial charge in [0.25, 0.3) is 11.6 Å². The molecule has 0 unspecified atom stereocenters. The van der Waals surface area contributed by atoms with Crippen LogP contribution in [0.2, 0.25) is 0 Å². The molecule has 1 aromatic rings. The maximum Gasteiger partial charge on any atom is 0.410 e. The SMILES string of the molecule is CS(=O)(=O)NC(=O)NC(=O)[C@@H]1C[C@H](S)CN1C(=O)OCc1ccc([N+](=O)[O-])cc1. The molecule has 2 N–H and O–H groups in total. The number of sulfonamides is 1. The highest BCUT2D eigenvalue weighted by Gasteiger charge is 2.40. The molecular formula is C15H18N4O8S2. The predicted molar refractivity (Wildman–Crippen MR) is 103 cm³/mol. The van der Waals surface area contributed by atoms with Gasteiger partial charge in [0.2, 0.25) is 10.0 Å². The number of hydrogen-bond donors (Lipinski definition) is 3. The summed E-state index contributed by atoms with van der Waals surface area (Å²) in [4.78, 5) is 47.3. The standard InChI is InChI=1S/C15H18N4O8S2/c1-29(25,26)17-14(21)16-13(20)12-6-11(28)7-18(12)15(22)27-8-9-2-4-10(5-3-9)19(23)24/h2-5,11-12,28H,6-8H2,1H3,(H2,16,17,20,21)/t11-,12-/m0/s1. The molecular weight excluding hydrogens is 428 g/mol. The lowest BCUT2D eigenvalue weighted by Crippen LogP contribution is -2.50. The van der Waals surface area contributed by atoms with E-state index in [-0.39, 0.29) is 30.5 Å². The largest absolute Gasteiger partial charge is 0.445 e. The minimum absolute atomic E-state index is 0.0774. The van der Waals surface area contributed by atoms with Gasteiger partial charge in [-0.2, -0.15) is 12.6 Å². The summed E-state index contributed by atoms with van der Waals surface area (Å²) in [6, 6.07) is 3.07. The van der Waals surface area contributed by atoms with Crippen molar-refractivity contribution in [1.82, 2.24) is 14.9 Å². The van der Waals surface area contributed by atoms with E-state index < -0.39 is 39.0 Å². The van der Waals surface area contributed by atoms with Gasteiger partial charge in [0.1, 0.15) is 12.6 Å². The molecule has 0 aliphatic carbocycles. The Hall–Kier alpha value is -2.87. The molecule has 1 aliphatic heterocycles. The number of carbonyl (C=O) groups is 3. The number of carbonyl (C=O) groups excluding carboxylic acids is 3. The van der Waals surface area contributed by atoms with E-state index in [1.165, 1.54) is 24.3 Å². The zero-order valence-corrected chi connectivity index (χ0v) is 16.8. The van der Waals surface area contributed by atoms with Crippen molar-refractivity contribution in [3.8, 4) is 0 Å². The smallest absolute Gasteiger partial charge is 0.410 e. The lowest BCUT2D eigenvalue weighted by atomic mass is 10.2. The Morgan fingerprint density at radius 3 is 2.48 bits per heavy atom. The van der Waals surface area contributed by atoms with Gasteiger partial charge in [-0.05, 0) is 24.1 Å². The summed E-state index contributed by atoms with van der Waals surface area (Å²) in [6.45, 7) is -0.110. The number of urea groups is 1.